The van der Waals surface area contributed by atoms with Gasteiger partial charge in [0.15, 0.2) is 0 Å². The van der Waals surface area contributed by atoms with Gasteiger partial charge in [-0.25, -0.2) is 4.79 Å². The largest absolute Gasteiger partial charge is 0.478 e. The van der Waals surface area contributed by atoms with Crippen molar-refractivity contribution in [1.82, 2.24) is 4.90 Å². The second-order valence-corrected chi connectivity index (χ2v) is 4.80. The molecule has 0 saturated carbocycles. The molecular weight excluding hydrogens is 206 g/mol. The Kier molecular flexibility index (Phi) is 4.50. The summed E-state index contributed by atoms with van der Waals surface area (Å²) in [4.78, 5) is 12.8. The number of hydrogen-bond acceptors (Lipinski definition) is 3. The molecule has 1 saturated heterocycles. The lowest BCUT2D eigenvalue weighted by atomic mass is 9.94. The van der Waals surface area contributed by atoms with Gasteiger partial charge in [-0.05, 0) is 33.2 Å². The first kappa shape index (κ1) is 13.2. The molecule has 1 fully saturated rings. The Morgan fingerprint density at radius 2 is 2.31 bits per heavy atom. The number of carboxylic acid groups (broad SMARTS) is 1. The van der Waals surface area contributed by atoms with Gasteiger partial charge in [-0.15, -0.1) is 0 Å². The lowest BCUT2D eigenvalue weighted by Crippen LogP contribution is -2.47. The summed E-state index contributed by atoms with van der Waals surface area (Å²) in [5, 5.41) is 8.64. The molecule has 1 aliphatic rings. The van der Waals surface area contributed by atoms with Gasteiger partial charge in [0, 0.05) is 26.3 Å². The van der Waals surface area contributed by atoms with Gasteiger partial charge in [-0.3, -0.25) is 4.90 Å². The van der Waals surface area contributed by atoms with E-state index in [9.17, 15) is 4.79 Å². The van der Waals surface area contributed by atoms with Crippen molar-refractivity contribution >= 4 is 5.97 Å². The van der Waals surface area contributed by atoms with Crippen LogP contribution in [-0.2, 0) is 9.53 Å². The predicted molar refractivity (Wildman–Crippen MR) is 62.5 cm³/mol. The lowest BCUT2D eigenvalue weighted by Gasteiger charge is -2.39. The fourth-order valence-electron chi connectivity index (χ4n) is 2.22. The first-order valence-electron chi connectivity index (χ1n) is 5.63. The SMILES string of the molecule is COC1(C)CCCN(CC(C)=CC(=O)O)C1. The maximum Gasteiger partial charge on any atom is 0.328 e. The van der Waals surface area contributed by atoms with E-state index in [1.54, 1.807) is 7.11 Å². The Morgan fingerprint density at radius 1 is 1.62 bits per heavy atom. The van der Waals surface area contributed by atoms with Crippen molar-refractivity contribution in [2.75, 3.05) is 26.7 Å². The van der Waals surface area contributed by atoms with Crippen molar-refractivity contribution in [2.24, 2.45) is 0 Å². The van der Waals surface area contributed by atoms with Crippen molar-refractivity contribution < 1.29 is 14.6 Å². The summed E-state index contributed by atoms with van der Waals surface area (Å²) in [5.74, 6) is -0.871. The van der Waals surface area contributed by atoms with E-state index in [2.05, 4.69) is 11.8 Å². The first-order chi connectivity index (χ1) is 7.45. The maximum atomic E-state index is 10.5. The van der Waals surface area contributed by atoms with Gasteiger partial charge >= 0.3 is 5.97 Å². The highest BCUT2D eigenvalue weighted by atomic mass is 16.5. The average molecular weight is 227 g/mol. The summed E-state index contributed by atoms with van der Waals surface area (Å²) < 4.78 is 5.49. The average Bonchev–Trinajstić information content (AvgIpc) is 2.16. The minimum Gasteiger partial charge on any atom is -0.478 e. The number of carboxylic acids is 1. The first-order valence-corrected chi connectivity index (χ1v) is 5.63. The monoisotopic (exact) mass is 227 g/mol. The van der Waals surface area contributed by atoms with Gasteiger partial charge in [-0.2, -0.15) is 0 Å². The zero-order valence-electron chi connectivity index (χ0n) is 10.3. The van der Waals surface area contributed by atoms with Crippen molar-refractivity contribution in [3.8, 4) is 0 Å². The molecule has 16 heavy (non-hydrogen) atoms. The quantitative estimate of drug-likeness (QED) is 0.740. The van der Waals surface area contributed by atoms with Crippen molar-refractivity contribution in [3.63, 3.8) is 0 Å². The van der Waals surface area contributed by atoms with Crippen LogP contribution in [0, 0.1) is 0 Å². The van der Waals surface area contributed by atoms with E-state index >= 15 is 0 Å². The molecule has 1 N–H and O–H groups in total. The molecule has 0 radical (unpaired) electrons. The molecule has 0 bridgehead atoms. The molecule has 0 amide bonds. The highest BCUT2D eigenvalue weighted by Gasteiger charge is 2.30. The van der Waals surface area contributed by atoms with Gasteiger partial charge in [0.25, 0.3) is 0 Å². The van der Waals surface area contributed by atoms with Crippen LogP contribution in [-0.4, -0.2) is 48.3 Å². The molecule has 0 aliphatic carbocycles. The van der Waals surface area contributed by atoms with Gasteiger partial charge in [0.1, 0.15) is 0 Å². The minimum absolute atomic E-state index is 0.0816. The third-order valence-electron chi connectivity index (χ3n) is 3.07. The lowest BCUT2D eigenvalue weighted by molar-refractivity contribution is -0.131. The fourth-order valence-corrected chi connectivity index (χ4v) is 2.22. The number of methoxy groups -OCH3 is 1. The van der Waals surface area contributed by atoms with Crippen LogP contribution < -0.4 is 0 Å². The summed E-state index contributed by atoms with van der Waals surface area (Å²) in [7, 11) is 1.74. The molecule has 1 unspecified atom stereocenters. The Labute approximate surface area is 96.9 Å². The highest BCUT2D eigenvalue weighted by molar-refractivity contribution is 5.80. The molecule has 92 valence electrons. The molecule has 1 aliphatic heterocycles. The fraction of sp³-hybridized carbons (Fsp3) is 0.750. The minimum atomic E-state index is -0.871. The van der Waals surface area contributed by atoms with Crippen LogP contribution >= 0.6 is 0 Å². The zero-order valence-corrected chi connectivity index (χ0v) is 10.3. The van der Waals surface area contributed by atoms with E-state index in [-0.39, 0.29) is 5.60 Å². The number of aliphatic carboxylic acids is 1. The van der Waals surface area contributed by atoms with Crippen molar-refractivity contribution in [3.05, 3.63) is 11.6 Å². The topological polar surface area (TPSA) is 49.8 Å². The molecular formula is C12H21NO3. The van der Waals surface area contributed by atoms with E-state index in [0.717, 1.165) is 31.5 Å². The molecule has 0 spiro atoms. The van der Waals surface area contributed by atoms with Crippen molar-refractivity contribution in [2.45, 2.75) is 32.3 Å². The molecule has 1 heterocycles. The van der Waals surface area contributed by atoms with Gasteiger partial charge in [0.2, 0.25) is 0 Å². The predicted octanol–water partition coefficient (Wildman–Crippen LogP) is 1.52. The summed E-state index contributed by atoms with van der Waals surface area (Å²) in [6.45, 7) is 6.56. The third-order valence-corrected chi connectivity index (χ3v) is 3.07. The van der Waals surface area contributed by atoms with Crippen LogP contribution in [0.25, 0.3) is 0 Å². The van der Waals surface area contributed by atoms with Crippen LogP contribution in [0.3, 0.4) is 0 Å². The number of carbonyl (C=O) groups is 1. The van der Waals surface area contributed by atoms with Crippen LogP contribution in [0.2, 0.25) is 0 Å². The second kappa shape index (κ2) is 5.46. The van der Waals surface area contributed by atoms with Gasteiger partial charge < -0.3 is 9.84 Å². The molecule has 0 aromatic heterocycles. The Hall–Kier alpha value is -0.870. The number of nitrogens with zero attached hydrogens (tertiary/aromatic N) is 1. The number of rotatable bonds is 4. The normalized spacial score (nSPS) is 28.1. The molecule has 0 aromatic carbocycles. The van der Waals surface area contributed by atoms with Crippen LogP contribution in [0.15, 0.2) is 11.6 Å². The number of piperidine rings is 1. The molecule has 4 nitrogen and oxygen atoms in total. The maximum absolute atomic E-state index is 10.5. The molecule has 4 heteroatoms. The van der Waals surface area contributed by atoms with Crippen molar-refractivity contribution in [1.29, 1.82) is 0 Å². The number of hydrogen-bond donors (Lipinski definition) is 1. The van der Waals surface area contributed by atoms with Crippen LogP contribution in [0.4, 0.5) is 0 Å². The standard InChI is InChI=1S/C12H21NO3/c1-10(7-11(14)15)8-13-6-4-5-12(2,9-13)16-3/h7H,4-6,8-9H2,1-3H3,(H,14,15). The molecule has 1 atom stereocenters. The van der Waals surface area contributed by atoms with Gasteiger partial charge in [0.05, 0.1) is 5.60 Å². The third kappa shape index (κ3) is 3.94. The second-order valence-electron chi connectivity index (χ2n) is 4.80. The van der Waals surface area contributed by atoms with Gasteiger partial charge in [-0.1, -0.05) is 5.57 Å². The molecule has 1 rings (SSSR count). The van der Waals surface area contributed by atoms with E-state index < -0.39 is 5.97 Å². The van der Waals surface area contributed by atoms with E-state index in [1.165, 1.54) is 6.08 Å². The smallest absolute Gasteiger partial charge is 0.328 e. The highest BCUT2D eigenvalue weighted by Crippen LogP contribution is 2.24. The van der Waals surface area contributed by atoms with E-state index in [1.807, 2.05) is 6.92 Å². The van der Waals surface area contributed by atoms with Crippen LogP contribution in [0.1, 0.15) is 26.7 Å². The summed E-state index contributed by atoms with van der Waals surface area (Å²) >= 11 is 0. The molecule has 0 aromatic rings. The zero-order chi connectivity index (χ0) is 12.2. The van der Waals surface area contributed by atoms with E-state index in [0.29, 0.717) is 6.54 Å². The van der Waals surface area contributed by atoms with Crippen LogP contribution in [0.5, 0.6) is 0 Å². The summed E-state index contributed by atoms with van der Waals surface area (Å²) in [5.41, 5.74) is 0.801. The number of ether oxygens (including phenoxy) is 1. The summed E-state index contributed by atoms with van der Waals surface area (Å²) in [6.07, 6.45) is 3.45. The van der Waals surface area contributed by atoms with E-state index in [4.69, 9.17) is 9.84 Å². The Morgan fingerprint density at radius 3 is 2.88 bits per heavy atom. The Balaban J connectivity index is 2.52. The Bertz CT molecular complexity index is 288. The summed E-state index contributed by atoms with van der Waals surface area (Å²) in [6, 6.07) is 0. The number of likely N-dealkylation sites (tertiary alicyclic amines) is 1.